The van der Waals surface area contributed by atoms with E-state index in [-0.39, 0.29) is 0 Å². The van der Waals surface area contributed by atoms with Gasteiger partial charge in [-0.1, -0.05) is 0 Å². The highest BCUT2D eigenvalue weighted by Crippen LogP contribution is 2.30. The van der Waals surface area contributed by atoms with Crippen molar-refractivity contribution in [1.82, 2.24) is 15.1 Å². The molecular formula is C15H21N3O. The van der Waals surface area contributed by atoms with Gasteiger partial charge in [-0.05, 0) is 50.2 Å². The Morgan fingerprint density at radius 2 is 1.95 bits per heavy atom. The van der Waals surface area contributed by atoms with Crippen LogP contribution in [0.1, 0.15) is 16.8 Å². The van der Waals surface area contributed by atoms with Crippen LogP contribution in [0.5, 0.6) is 5.75 Å². The van der Waals surface area contributed by atoms with Gasteiger partial charge in [0, 0.05) is 19.2 Å². The molecule has 0 aliphatic heterocycles. The maximum absolute atomic E-state index is 5.36. The average Bonchev–Trinajstić information content (AvgIpc) is 2.73. The molecule has 0 radical (unpaired) electrons. The molecule has 2 rings (SSSR count). The molecule has 19 heavy (non-hydrogen) atoms. The van der Waals surface area contributed by atoms with E-state index in [1.165, 1.54) is 11.1 Å². The van der Waals surface area contributed by atoms with E-state index in [4.69, 9.17) is 4.74 Å². The molecule has 0 atom stereocenters. The summed E-state index contributed by atoms with van der Waals surface area (Å²) in [6, 6.07) is 6.37. The zero-order chi connectivity index (χ0) is 14.0. The number of hydrogen-bond donors (Lipinski definition) is 1. The van der Waals surface area contributed by atoms with Crippen LogP contribution in [0.2, 0.25) is 0 Å². The lowest BCUT2D eigenvalue weighted by atomic mass is 10.0. The first-order valence-corrected chi connectivity index (χ1v) is 6.40. The molecule has 0 fully saturated rings. The van der Waals surface area contributed by atoms with Crippen molar-refractivity contribution in [3.8, 4) is 17.0 Å². The van der Waals surface area contributed by atoms with Gasteiger partial charge >= 0.3 is 0 Å². The van der Waals surface area contributed by atoms with Gasteiger partial charge in [-0.15, -0.1) is 0 Å². The molecule has 102 valence electrons. The molecule has 0 aliphatic carbocycles. The molecule has 0 bridgehead atoms. The lowest BCUT2D eigenvalue weighted by molar-refractivity contribution is 0.411. The van der Waals surface area contributed by atoms with E-state index in [0.717, 1.165) is 29.2 Å². The summed E-state index contributed by atoms with van der Waals surface area (Å²) in [5.74, 6) is 0.930. The first-order chi connectivity index (χ1) is 9.06. The van der Waals surface area contributed by atoms with Gasteiger partial charge in [0.15, 0.2) is 0 Å². The van der Waals surface area contributed by atoms with Gasteiger partial charge in [-0.2, -0.15) is 5.10 Å². The van der Waals surface area contributed by atoms with E-state index < -0.39 is 0 Å². The van der Waals surface area contributed by atoms with Crippen LogP contribution in [-0.2, 0) is 13.6 Å². The first-order valence-electron chi connectivity index (χ1n) is 6.40. The van der Waals surface area contributed by atoms with Gasteiger partial charge in [0.25, 0.3) is 0 Å². The van der Waals surface area contributed by atoms with Crippen molar-refractivity contribution in [2.24, 2.45) is 7.05 Å². The zero-order valence-electron chi connectivity index (χ0n) is 12.2. The van der Waals surface area contributed by atoms with E-state index >= 15 is 0 Å². The Labute approximate surface area is 114 Å². The molecule has 1 N–H and O–H groups in total. The fourth-order valence-electron chi connectivity index (χ4n) is 2.33. The molecule has 1 aromatic heterocycles. The summed E-state index contributed by atoms with van der Waals surface area (Å²) < 4.78 is 7.29. The summed E-state index contributed by atoms with van der Waals surface area (Å²) in [5.41, 5.74) is 5.72. The molecule has 4 nitrogen and oxygen atoms in total. The van der Waals surface area contributed by atoms with Crippen molar-refractivity contribution in [3.05, 3.63) is 35.0 Å². The topological polar surface area (TPSA) is 39.1 Å². The normalized spacial score (nSPS) is 10.8. The van der Waals surface area contributed by atoms with Crippen molar-refractivity contribution < 1.29 is 4.74 Å². The van der Waals surface area contributed by atoms with Crippen LogP contribution in [0, 0.1) is 13.8 Å². The number of aromatic nitrogens is 2. The Kier molecular flexibility index (Phi) is 3.90. The number of rotatable bonds is 4. The Balaban J connectivity index is 2.49. The second-order valence-electron chi connectivity index (χ2n) is 4.81. The van der Waals surface area contributed by atoms with Crippen LogP contribution in [-0.4, -0.2) is 23.9 Å². The molecule has 0 aliphatic rings. The highest BCUT2D eigenvalue weighted by molar-refractivity contribution is 5.67. The van der Waals surface area contributed by atoms with E-state index in [1.807, 2.05) is 18.8 Å². The summed E-state index contributed by atoms with van der Waals surface area (Å²) in [7, 11) is 5.61. The van der Waals surface area contributed by atoms with Crippen LogP contribution >= 0.6 is 0 Å². The largest absolute Gasteiger partial charge is 0.496 e. The molecule has 0 saturated heterocycles. The SMILES string of the molecule is CNCc1cc(-c2cc(C)c(OC)cc2C)n(C)n1. The number of nitrogens with zero attached hydrogens (tertiary/aromatic N) is 2. The van der Waals surface area contributed by atoms with Crippen molar-refractivity contribution >= 4 is 0 Å². The molecule has 0 spiro atoms. The van der Waals surface area contributed by atoms with Crippen LogP contribution in [0.3, 0.4) is 0 Å². The van der Waals surface area contributed by atoms with Gasteiger partial charge in [-0.25, -0.2) is 0 Å². The first kappa shape index (κ1) is 13.6. The quantitative estimate of drug-likeness (QED) is 0.916. The summed E-state index contributed by atoms with van der Waals surface area (Å²) >= 11 is 0. The molecule has 0 unspecified atom stereocenters. The van der Waals surface area contributed by atoms with Gasteiger partial charge < -0.3 is 10.1 Å². The Morgan fingerprint density at radius 1 is 1.21 bits per heavy atom. The molecule has 2 aromatic rings. The fraction of sp³-hybridized carbons (Fsp3) is 0.400. The van der Waals surface area contributed by atoms with Gasteiger partial charge in [-0.3, -0.25) is 4.68 Å². The number of benzene rings is 1. The second-order valence-corrected chi connectivity index (χ2v) is 4.81. The predicted octanol–water partition coefficient (Wildman–Crippen LogP) is 2.43. The van der Waals surface area contributed by atoms with Crippen molar-refractivity contribution in [3.63, 3.8) is 0 Å². The Hall–Kier alpha value is -1.81. The maximum atomic E-state index is 5.36. The van der Waals surface area contributed by atoms with Crippen LogP contribution in [0.25, 0.3) is 11.3 Å². The van der Waals surface area contributed by atoms with Crippen molar-refractivity contribution in [2.75, 3.05) is 14.2 Å². The molecular weight excluding hydrogens is 238 g/mol. The summed E-state index contributed by atoms with van der Waals surface area (Å²) in [6.07, 6.45) is 0. The molecule has 4 heteroatoms. The lowest BCUT2D eigenvalue weighted by Gasteiger charge is -2.11. The highest BCUT2D eigenvalue weighted by atomic mass is 16.5. The fourth-order valence-corrected chi connectivity index (χ4v) is 2.33. The van der Waals surface area contributed by atoms with Crippen molar-refractivity contribution in [2.45, 2.75) is 20.4 Å². The van der Waals surface area contributed by atoms with Gasteiger partial charge in [0.2, 0.25) is 0 Å². The number of ether oxygens (including phenoxy) is 1. The Morgan fingerprint density at radius 3 is 2.58 bits per heavy atom. The number of hydrogen-bond acceptors (Lipinski definition) is 3. The van der Waals surface area contributed by atoms with Gasteiger partial charge in [0.1, 0.15) is 5.75 Å². The third kappa shape index (κ3) is 2.63. The van der Waals surface area contributed by atoms with Crippen LogP contribution in [0.4, 0.5) is 0 Å². The molecule has 0 amide bonds. The average molecular weight is 259 g/mol. The minimum atomic E-state index is 0.780. The smallest absolute Gasteiger partial charge is 0.122 e. The third-order valence-electron chi connectivity index (χ3n) is 3.31. The van der Waals surface area contributed by atoms with E-state index in [0.29, 0.717) is 0 Å². The van der Waals surface area contributed by atoms with E-state index in [1.54, 1.807) is 7.11 Å². The summed E-state index contributed by atoms with van der Waals surface area (Å²) in [4.78, 5) is 0. The summed E-state index contributed by atoms with van der Waals surface area (Å²) in [6.45, 7) is 4.94. The number of methoxy groups -OCH3 is 1. The maximum Gasteiger partial charge on any atom is 0.122 e. The van der Waals surface area contributed by atoms with Crippen molar-refractivity contribution in [1.29, 1.82) is 0 Å². The monoisotopic (exact) mass is 259 g/mol. The van der Waals surface area contributed by atoms with Crippen LogP contribution in [0.15, 0.2) is 18.2 Å². The van der Waals surface area contributed by atoms with Gasteiger partial charge in [0.05, 0.1) is 18.5 Å². The predicted molar refractivity (Wildman–Crippen MR) is 77.4 cm³/mol. The molecule has 1 heterocycles. The second kappa shape index (κ2) is 5.45. The third-order valence-corrected chi connectivity index (χ3v) is 3.31. The highest BCUT2D eigenvalue weighted by Gasteiger charge is 2.12. The molecule has 0 saturated carbocycles. The lowest BCUT2D eigenvalue weighted by Crippen LogP contribution is -2.05. The zero-order valence-corrected chi connectivity index (χ0v) is 12.2. The van der Waals surface area contributed by atoms with E-state index in [9.17, 15) is 0 Å². The van der Waals surface area contributed by atoms with E-state index in [2.05, 4.69) is 42.5 Å². The Bertz CT molecular complexity index is 587. The molecule has 1 aromatic carbocycles. The minimum absolute atomic E-state index is 0.780. The minimum Gasteiger partial charge on any atom is -0.496 e. The number of aryl methyl sites for hydroxylation is 3. The number of nitrogens with one attached hydrogen (secondary N) is 1. The standard InChI is InChI=1S/C15H21N3O/c1-10-7-15(19-5)11(2)6-13(10)14-8-12(9-16-3)17-18(14)4/h6-8,16H,9H2,1-5H3. The van der Waals surface area contributed by atoms with Crippen LogP contribution < -0.4 is 10.1 Å². The summed E-state index contributed by atoms with van der Waals surface area (Å²) in [5, 5.41) is 7.64.